The van der Waals surface area contributed by atoms with Crippen molar-refractivity contribution in [3.05, 3.63) is 35.1 Å². The Balaban J connectivity index is 2.15. The number of benzene rings is 1. The normalized spacial score (nSPS) is 19.2. The number of carbonyl (C=O) groups is 2. The molecule has 0 bridgehead atoms. The second kappa shape index (κ2) is 6.64. The van der Waals surface area contributed by atoms with Crippen molar-refractivity contribution in [2.75, 3.05) is 26.7 Å². The Morgan fingerprint density at radius 2 is 2.29 bits per heavy atom. The van der Waals surface area contributed by atoms with Crippen LogP contribution in [0.25, 0.3) is 0 Å². The number of likely N-dealkylation sites (N-methyl/N-ethyl adjacent to an activating group) is 1. The van der Waals surface area contributed by atoms with Crippen LogP contribution in [0.3, 0.4) is 0 Å². The van der Waals surface area contributed by atoms with E-state index in [1.165, 1.54) is 6.07 Å². The lowest BCUT2D eigenvalue weighted by Gasteiger charge is -2.34. The molecular formula is C14H19FN4O2. The number of hydrogen-bond donors (Lipinski definition) is 3. The van der Waals surface area contributed by atoms with Crippen LogP contribution in [0.15, 0.2) is 18.2 Å². The van der Waals surface area contributed by atoms with Crippen LogP contribution in [0.1, 0.15) is 15.9 Å². The Morgan fingerprint density at radius 1 is 1.52 bits per heavy atom. The van der Waals surface area contributed by atoms with Crippen molar-refractivity contribution < 1.29 is 14.0 Å². The van der Waals surface area contributed by atoms with Crippen LogP contribution in [0, 0.1) is 5.82 Å². The van der Waals surface area contributed by atoms with E-state index in [2.05, 4.69) is 10.6 Å². The van der Waals surface area contributed by atoms with E-state index in [1.807, 2.05) is 4.90 Å². The second-order valence-electron chi connectivity index (χ2n) is 4.98. The van der Waals surface area contributed by atoms with E-state index >= 15 is 0 Å². The molecule has 1 aliphatic heterocycles. The molecule has 0 aromatic heterocycles. The van der Waals surface area contributed by atoms with Gasteiger partial charge >= 0.3 is 0 Å². The van der Waals surface area contributed by atoms with E-state index in [0.29, 0.717) is 25.2 Å². The van der Waals surface area contributed by atoms with E-state index in [-0.39, 0.29) is 17.5 Å². The first-order chi connectivity index (χ1) is 10.0. The molecule has 4 N–H and O–H groups in total. The van der Waals surface area contributed by atoms with E-state index in [1.54, 1.807) is 13.1 Å². The number of carbonyl (C=O) groups excluding carboxylic acids is 2. The summed E-state index contributed by atoms with van der Waals surface area (Å²) in [6.45, 7) is 2.23. The molecule has 1 unspecified atom stereocenters. The number of rotatable bonds is 4. The van der Waals surface area contributed by atoms with Crippen molar-refractivity contribution in [2.45, 2.75) is 12.6 Å². The molecule has 0 aliphatic carbocycles. The number of amides is 2. The highest BCUT2D eigenvalue weighted by Crippen LogP contribution is 2.15. The summed E-state index contributed by atoms with van der Waals surface area (Å²) in [4.78, 5) is 24.8. The van der Waals surface area contributed by atoms with Crippen molar-refractivity contribution in [3.8, 4) is 0 Å². The second-order valence-corrected chi connectivity index (χ2v) is 4.98. The minimum atomic E-state index is -0.661. The summed E-state index contributed by atoms with van der Waals surface area (Å²) in [6.07, 6.45) is 0. The lowest BCUT2D eigenvalue weighted by molar-refractivity contribution is -0.126. The van der Waals surface area contributed by atoms with Gasteiger partial charge in [-0.1, -0.05) is 6.07 Å². The Hall–Kier alpha value is -1.99. The smallest absolute Gasteiger partial charge is 0.248 e. The SMILES string of the molecule is CNC(=O)C1CNCCN1Cc1ccc(C(N)=O)cc1F. The summed E-state index contributed by atoms with van der Waals surface area (Å²) in [6, 6.07) is 3.84. The number of nitrogens with zero attached hydrogens (tertiary/aromatic N) is 1. The largest absolute Gasteiger partial charge is 0.366 e. The molecule has 0 spiro atoms. The molecule has 0 saturated carbocycles. The third-order valence-electron chi connectivity index (χ3n) is 3.61. The zero-order chi connectivity index (χ0) is 15.4. The molecule has 1 atom stereocenters. The third kappa shape index (κ3) is 3.56. The van der Waals surface area contributed by atoms with Gasteiger partial charge in [0.2, 0.25) is 11.8 Å². The lowest BCUT2D eigenvalue weighted by Crippen LogP contribution is -2.56. The van der Waals surface area contributed by atoms with Crippen LogP contribution in [0.5, 0.6) is 0 Å². The number of primary amides is 1. The molecule has 7 heteroatoms. The first-order valence-corrected chi connectivity index (χ1v) is 6.77. The molecule has 6 nitrogen and oxygen atoms in total. The lowest BCUT2D eigenvalue weighted by atomic mass is 10.1. The van der Waals surface area contributed by atoms with Crippen molar-refractivity contribution in [1.82, 2.24) is 15.5 Å². The van der Waals surface area contributed by atoms with Gasteiger partial charge in [0.25, 0.3) is 0 Å². The van der Waals surface area contributed by atoms with Gasteiger partial charge in [0.15, 0.2) is 0 Å². The fourth-order valence-corrected chi connectivity index (χ4v) is 2.41. The first-order valence-electron chi connectivity index (χ1n) is 6.77. The van der Waals surface area contributed by atoms with Crippen LogP contribution >= 0.6 is 0 Å². The van der Waals surface area contributed by atoms with Gasteiger partial charge in [-0.2, -0.15) is 0 Å². The molecular weight excluding hydrogens is 275 g/mol. The van der Waals surface area contributed by atoms with Gasteiger partial charge in [0, 0.05) is 44.4 Å². The topological polar surface area (TPSA) is 87.5 Å². The molecule has 0 radical (unpaired) electrons. The molecule has 114 valence electrons. The van der Waals surface area contributed by atoms with E-state index < -0.39 is 11.7 Å². The summed E-state index contributed by atoms with van der Waals surface area (Å²) in [5.74, 6) is -1.25. The van der Waals surface area contributed by atoms with Crippen LogP contribution in [-0.2, 0) is 11.3 Å². The molecule has 1 heterocycles. The summed E-state index contributed by atoms with van der Waals surface area (Å²) in [5, 5.41) is 5.76. The van der Waals surface area contributed by atoms with Gasteiger partial charge in [0.1, 0.15) is 11.9 Å². The maximum absolute atomic E-state index is 14.0. The summed E-state index contributed by atoms with van der Waals surface area (Å²) in [7, 11) is 1.58. The highest BCUT2D eigenvalue weighted by molar-refractivity contribution is 5.92. The zero-order valence-corrected chi connectivity index (χ0v) is 11.9. The van der Waals surface area contributed by atoms with E-state index in [4.69, 9.17) is 5.73 Å². The van der Waals surface area contributed by atoms with E-state index in [0.717, 1.165) is 12.6 Å². The third-order valence-corrected chi connectivity index (χ3v) is 3.61. The number of halogens is 1. The monoisotopic (exact) mass is 294 g/mol. The van der Waals surface area contributed by atoms with Gasteiger partial charge in [-0.25, -0.2) is 4.39 Å². The first kappa shape index (κ1) is 15.4. The van der Waals surface area contributed by atoms with Gasteiger partial charge in [-0.05, 0) is 12.1 Å². The van der Waals surface area contributed by atoms with Crippen LogP contribution < -0.4 is 16.4 Å². The van der Waals surface area contributed by atoms with Crippen molar-refractivity contribution >= 4 is 11.8 Å². The Bertz CT molecular complexity index is 550. The van der Waals surface area contributed by atoms with Gasteiger partial charge in [0.05, 0.1) is 0 Å². The highest BCUT2D eigenvalue weighted by Gasteiger charge is 2.28. The quantitative estimate of drug-likeness (QED) is 0.695. The number of piperazine rings is 1. The molecule has 1 aromatic carbocycles. The Labute approximate surface area is 122 Å². The molecule has 1 aliphatic rings. The standard InChI is InChI=1S/C14H19FN4O2/c1-17-14(21)12-7-18-4-5-19(12)8-10-3-2-9(13(16)20)6-11(10)15/h2-3,6,12,18H,4-5,7-8H2,1H3,(H2,16,20)(H,17,21). The molecule has 1 saturated heterocycles. The van der Waals surface area contributed by atoms with Crippen molar-refractivity contribution in [2.24, 2.45) is 5.73 Å². The summed E-state index contributed by atoms with van der Waals surface area (Å²) >= 11 is 0. The highest BCUT2D eigenvalue weighted by atomic mass is 19.1. The fraction of sp³-hybridized carbons (Fsp3) is 0.429. The Kier molecular flexibility index (Phi) is 4.87. The van der Waals surface area contributed by atoms with Crippen LogP contribution in [-0.4, -0.2) is 49.4 Å². The molecule has 2 rings (SSSR count). The molecule has 2 amide bonds. The average Bonchev–Trinajstić information content (AvgIpc) is 2.49. The zero-order valence-electron chi connectivity index (χ0n) is 11.9. The molecule has 21 heavy (non-hydrogen) atoms. The predicted octanol–water partition coefficient (Wildman–Crippen LogP) is -0.556. The number of nitrogens with one attached hydrogen (secondary N) is 2. The van der Waals surface area contributed by atoms with Crippen LogP contribution in [0.4, 0.5) is 4.39 Å². The maximum atomic E-state index is 14.0. The van der Waals surface area contributed by atoms with Crippen molar-refractivity contribution in [1.29, 1.82) is 0 Å². The van der Waals surface area contributed by atoms with Crippen molar-refractivity contribution in [3.63, 3.8) is 0 Å². The van der Waals surface area contributed by atoms with E-state index in [9.17, 15) is 14.0 Å². The van der Waals surface area contributed by atoms with Gasteiger partial charge in [-0.15, -0.1) is 0 Å². The maximum Gasteiger partial charge on any atom is 0.248 e. The summed E-state index contributed by atoms with van der Waals surface area (Å²) in [5.41, 5.74) is 5.70. The molecule has 1 fully saturated rings. The fourth-order valence-electron chi connectivity index (χ4n) is 2.41. The summed E-state index contributed by atoms with van der Waals surface area (Å²) < 4.78 is 14.0. The minimum absolute atomic E-state index is 0.101. The predicted molar refractivity (Wildman–Crippen MR) is 76.1 cm³/mol. The number of hydrogen-bond acceptors (Lipinski definition) is 4. The average molecular weight is 294 g/mol. The Morgan fingerprint density at radius 3 is 2.90 bits per heavy atom. The van der Waals surface area contributed by atoms with Gasteiger partial charge in [-0.3, -0.25) is 14.5 Å². The minimum Gasteiger partial charge on any atom is -0.366 e. The number of nitrogens with two attached hydrogens (primary N) is 1. The molecule has 1 aromatic rings. The van der Waals surface area contributed by atoms with Crippen LogP contribution in [0.2, 0.25) is 0 Å². The van der Waals surface area contributed by atoms with Gasteiger partial charge < -0.3 is 16.4 Å².